The molecule has 0 saturated carbocycles. The van der Waals surface area contributed by atoms with Crippen molar-refractivity contribution in [3.8, 4) is 11.4 Å². The number of hydrogen-bond acceptors (Lipinski definition) is 3. The van der Waals surface area contributed by atoms with Crippen molar-refractivity contribution >= 4 is 40.7 Å². The number of imidazole rings is 1. The lowest BCUT2D eigenvalue weighted by Crippen LogP contribution is -2.11. The van der Waals surface area contributed by atoms with E-state index in [1.54, 1.807) is 12.1 Å². The molecule has 0 fully saturated rings. The molecule has 0 spiro atoms. The number of carbonyl (C=O) groups is 1. The number of hydrogen-bond donors (Lipinski definition) is 3. The fraction of sp³-hybridized carbons (Fsp3) is 0. The first-order chi connectivity index (χ1) is 12.2. The number of benzene rings is 3. The number of aromatic nitrogens is 2. The van der Waals surface area contributed by atoms with Crippen LogP contribution in [0, 0.1) is 0 Å². The lowest BCUT2D eigenvalue weighted by molar-refractivity contribution is 0.102. The molecule has 26 heavy (non-hydrogen) atoms. The van der Waals surface area contributed by atoms with E-state index in [1.807, 2.05) is 60.7 Å². The Morgan fingerprint density at radius 2 is 1.69 bits per heavy atom. The first-order valence-corrected chi connectivity index (χ1v) is 7.91. The highest BCUT2D eigenvalue weighted by Gasteiger charge is 2.09. The van der Waals surface area contributed by atoms with Gasteiger partial charge in [0.2, 0.25) is 0 Å². The first kappa shape index (κ1) is 17.5. The number of nitrogens with two attached hydrogens (primary N) is 1. The number of fused-ring (bicyclic) bond motifs is 1. The van der Waals surface area contributed by atoms with Gasteiger partial charge in [-0.05, 0) is 54.6 Å². The van der Waals surface area contributed by atoms with Crippen molar-refractivity contribution in [2.45, 2.75) is 0 Å². The Kier molecular flexibility index (Phi) is 4.91. The zero-order valence-electron chi connectivity index (χ0n) is 13.8. The largest absolute Gasteiger partial charge is 0.399 e. The van der Waals surface area contributed by atoms with Gasteiger partial charge in [-0.25, -0.2) is 4.98 Å². The van der Waals surface area contributed by atoms with Crippen LogP contribution in [-0.2, 0) is 0 Å². The molecule has 130 valence electrons. The molecule has 0 saturated heterocycles. The molecule has 5 nitrogen and oxygen atoms in total. The van der Waals surface area contributed by atoms with Crippen LogP contribution in [0.4, 0.5) is 11.4 Å². The van der Waals surface area contributed by atoms with E-state index in [2.05, 4.69) is 15.3 Å². The number of anilines is 2. The first-order valence-electron chi connectivity index (χ1n) is 7.91. The zero-order valence-corrected chi connectivity index (χ0v) is 14.6. The third-order valence-electron chi connectivity index (χ3n) is 3.96. The minimum absolute atomic E-state index is 0. The highest BCUT2D eigenvalue weighted by molar-refractivity contribution is 6.05. The van der Waals surface area contributed by atoms with Crippen molar-refractivity contribution in [1.82, 2.24) is 9.97 Å². The van der Waals surface area contributed by atoms with Gasteiger partial charge in [0.25, 0.3) is 5.91 Å². The summed E-state index contributed by atoms with van der Waals surface area (Å²) in [6, 6.07) is 22.3. The second-order valence-electron chi connectivity index (χ2n) is 5.76. The molecule has 1 amide bonds. The van der Waals surface area contributed by atoms with E-state index in [9.17, 15) is 4.79 Å². The number of nitrogens with one attached hydrogen (secondary N) is 2. The normalized spacial score (nSPS) is 10.3. The maximum Gasteiger partial charge on any atom is 0.255 e. The number of rotatable bonds is 3. The van der Waals surface area contributed by atoms with E-state index >= 15 is 0 Å². The molecule has 1 aromatic heterocycles. The Bertz CT molecular complexity index is 1040. The SMILES string of the molecule is Cl.Nc1ccc(-c2nc3ccc(NC(=O)c4ccccc4)cc3[nH]2)cc1. The van der Waals surface area contributed by atoms with Crippen LogP contribution in [0.1, 0.15) is 10.4 Å². The van der Waals surface area contributed by atoms with Crippen LogP contribution in [-0.4, -0.2) is 15.9 Å². The van der Waals surface area contributed by atoms with E-state index in [0.29, 0.717) is 16.9 Å². The van der Waals surface area contributed by atoms with Crippen LogP contribution in [0.2, 0.25) is 0 Å². The van der Waals surface area contributed by atoms with Gasteiger partial charge in [0.05, 0.1) is 11.0 Å². The minimum atomic E-state index is -0.141. The van der Waals surface area contributed by atoms with Gasteiger partial charge < -0.3 is 16.0 Å². The maximum atomic E-state index is 12.3. The molecule has 0 aliphatic rings. The van der Waals surface area contributed by atoms with E-state index in [-0.39, 0.29) is 18.3 Å². The Balaban J connectivity index is 0.00000196. The number of halogens is 1. The van der Waals surface area contributed by atoms with Gasteiger partial charge in [-0.15, -0.1) is 12.4 Å². The summed E-state index contributed by atoms with van der Waals surface area (Å²) in [5.74, 6) is 0.625. The highest BCUT2D eigenvalue weighted by Crippen LogP contribution is 2.23. The highest BCUT2D eigenvalue weighted by atomic mass is 35.5. The predicted octanol–water partition coefficient (Wildman–Crippen LogP) is 4.49. The number of nitrogen functional groups attached to an aromatic ring is 1. The summed E-state index contributed by atoms with van der Waals surface area (Å²) >= 11 is 0. The molecule has 6 heteroatoms. The van der Waals surface area contributed by atoms with Crippen LogP contribution in [0.5, 0.6) is 0 Å². The van der Waals surface area contributed by atoms with E-state index < -0.39 is 0 Å². The Morgan fingerprint density at radius 3 is 2.42 bits per heavy atom. The summed E-state index contributed by atoms with van der Waals surface area (Å²) in [6.45, 7) is 0. The summed E-state index contributed by atoms with van der Waals surface area (Å²) < 4.78 is 0. The molecule has 0 bridgehead atoms. The fourth-order valence-electron chi connectivity index (χ4n) is 2.66. The van der Waals surface area contributed by atoms with Crippen LogP contribution in [0.3, 0.4) is 0 Å². The van der Waals surface area contributed by atoms with Gasteiger partial charge in [-0.1, -0.05) is 18.2 Å². The number of carbonyl (C=O) groups excluding carboxylic acids is 1. The summed E-state index contributed by atoms with van der Waals surface area (Å²) in [6.07, 6.45) is 0. The van der Waals surface area contributed by atoms with E-state index in [0.717, 1.165) is 22.4 Å². The van der Waals surface area contributed by atoms with E-state index in [1.165, 1.54) is 0 Å². The zero-order chi connectivity index (χ0) is 17.2. The van der Waals surface area contributed by atoms with Crippen LogP contribution >= 0.6 is 12.4 Å². The van der Waals surface area contributed by atoms with Gasteiger partial charge in [-0.3, -0.25) is 4.79 Å². The second kappa shape index (κ2) is 7.29. The molecule has 0 aliphatic carbocycles. The van der Waals surface area contributed by atoms with Crippen LogP contribution in [0.15, 0.2) is 72.8 Å². The summed E-state index contributed by atoms with van der Waals surface area (Å²) in [4.78, 5) is 20.1. The number of H-pyrrole nitrogens is 1. The molecule has 0 radical (unpaired) electrons. The Morgan fingerprint density at radius 1 is 0.962 bits per heavy atom. The topological polar surface area (TPSA) is 83.8 Å². The van der Waals surface area contributed by atoms with Crippen molar-refractivity contribution in [2.75, 3.05) is 11.1 Å². The van der Waals surface area contributed by atoms with Gasteiger partial charge in [0, 0.05) is 22.5 Å². The van der Waals surface area contributed by atoms with Crippen molar-refractivity contribution in [3.05, 3.63) is 78.4 Å². The van der Waals surface area contributed by atoms with Crippen molar-refractivity contribution < 1.29 is 4.79 Å². The maximum absolute atomic E-state index is 12.3. The molecular weight excluding hydrogens is 348 g/mol. The minimum Gasteiger partial charge on any atom is -0.399 e. The molecule has 0 unspecified atom stereocenters. The average Bonchev–Trinajstić information content (AvgIpc) is 3.06. The predicted molar refractivity (Wildman–Crippen MR) is 108 cm³/mol. The monoisotopic (exact) mass is 364 g/mol. The Labute approximate surface area is 156 Å². The molecular formula is C20H17ClN4O. The van der Waals surface area contributed by atoms with Gasteiger partial charge in [0.1, 0.15) is 5.82 Å². The molecule has 4 rings (SSSR count). The van der Waals surface area contributed by atoms with Gasteiger partial charge in [-0.2, -0.15) is 0 Å². The standard InChI is InChI=1S/C20H16N4O.ClH/c21-15-8-6-13(7-9-15)19-23-17-11-10-16(12-18(17)24-19)22-20(25)14-4-2-1-3-5-14;/h1-12H,21H2,(H,22,25)(H,23,24);1H. The van der Waals surface area contributed by atoms with Gasteiger partial charge in [0.15, 0.2) is 0 Å². The molecule has 4 N–H and O–H groups in total. The van der Waals surface area contributed by atoms with Crippen LogP contribution < -0.4 is 11.1 Å². The number of aromatic amines is 1. The third kappa shape index (κ3) is 3.53. The third-order valence-corrected chi connectivity index (χ3v) is 3.96. The second-order valence-corrected chi connectivity index (χ2v) is 5.76. The Hall–Kier alpha value is -3.31. The number of amides is 1. The van der Waals surface area contributed by atoms with Crippen LogP contribution in [0.25, 0.3) is 22.4 Å². The molecule has 0 aliphatic heterocycles. The summed E-state index contributed by atoms with van der Waals surface area (Å²) in [5, 5.41) is 2.90. The van der Waals surface area contributed by atoms with Gasteiger partial charge >= 0.3 is 0 Å². The van der Waals surface area contributed by atoms with Crippen molar-refractivity contribution in [3.63, 3.8) is 0 Å². The molecule has 4 aromatic rings. The number of nitrogens with zero attached hydrogens (tertiary/aromatic N) is 1. The molecule has 3 aromatic carbocycles. The van der Waals surface area contributed by atoms with Crippen molar-refractivity contribution in [1.29, 1.82) is 0 Å². The van der Waals surface area contributed by atoms with Crippen molar-refractivity contribution in [2.24, 2.45) is 0 Å². The average molecular weight is 365 g/mol. The molecule has 0 atom stereocenters. The fourth-order valence-corrected chi connectivity index (χ4v) is 2.66. The molecule has 1 heterocycles. The lowest BCUT2D eigenvalue weighted by Gasteiger charge is -2.04. The summed E-state index contributed by atoms with van der Waals surface area (Å²) in [5.41, 5.74) is 10.4. The summed E-state index contributed by atoms with van der Waals surface area (Å²) in [7, 11) is 0. The quantitative estimate of drug-likeness (QED) is 0.468. The smallest absolute Gasteiger partial charge is 0.255 e. The lowest BCUT2D eigenvalue weighted by atomic mass is 10.2. The van der Waals surface area contributed by atoms with E-state index in [4.69, 9.17) is 5.73 Å².